The molecule has 8 nitrogen and oxygen atoms in total. The molecule has 0 bridgehead atoms. The third-order valence-corrected chi connectivity index (χ3v) is 1.84. The molecule has 0 unspecified atom stereocenters. The maximum atomic E-state index is 10.4. The van der Waals surface area contributed by atoms with Gasteiger partial charge in [-0.15, -0.1) is 0 Å². The first-order valence-electron chi connectivity index (χ1n) is 4.36. The van der Waals surface area contributed by atoms with Crippen LogP contribution in [-0.2, 0) is 0 Å². The predicted molar refractivity (Wildman–Crippen MR) is 65.2 cm³/mol. The molecule has 1 rings (SSSR count). The summed E-state index contributed by atoms with van der Waals surface area (Å²) in [7, 11) is 0. The van der Waals surface area contributed by atoms with Gasteiger partial charge in [-0.2, -0.15) is 0 Å². The third kappa shape index (κ3) is 4.30. The van der Waals surface area contributed by atoms with Gasteiger partial charge in [-0.05, 0) is 24.4 Å². The predicted octanol–water partition coefficient (Wildman–Crippen LogP) is 0.464. The van der Waals surface area contributed by atoms with Crippen LogP contribution in [0.25, 0.3) is 0 Å². The molecule has 0 atom stereocenters. The van der Waals surface area contributed by atoms with Gasteiger partial charge < -0.3 is 11.1 Å². The van der Waals surface area contributed by atoms with E-state index in [4.69, 9.17) is 18.0 Å². The molecule has 0 aliphatic rings. The number of nitrogens with one attached hydrogen (secondary N) is 3. The Balaban J connectivity index is 2.54. The smallest absolute Gasteiger partial charge is 0.330 e. The number of carbonyl (C=O) groups excluding carboxylic acids is 1. The van der Waals surface area contributed by atoms with E-state index in [0.717, 1.165) is 0 Å². The lowest BCUT2D eigenvalue weighted by Crippen LogP contribution is -2.46. The zero-order valence-electron chi connectivity index (χ0n) is 8.47. The van der Waals surface area contributed by atoms with Crippen LogP contribution >= 0.6 is 12.2 Å². The van der Waals surface area contributed by atoms with Gasteiger partial charge in [0.1, 0.15) is 0 Å². The summed E-state index contributed by atoms with van der Waals surface area (Å²) < 4.78 is 0. The quantitative estimate of drug-likeness (QED) is 0.346. The van der Waals surface area contributed by atoms with Crippen LogP contribution < -0.4 is 21.9 Å². The van der Waals surface area contributed by atoms with Crippen LogP contribution in [-0.4, -0.2) is 16.1 Å². The lowest BCUT2D eigenvalue weighted by Gasteiger charge is -2.09. The third-order valence-electron chi connectivity index (χ3n) is 1.64. The van der Waals surface area contributed by atoms with E-state index in [1.165, 1.54) is 24.3 Å². The first kappa shape index (κ1) is 12.6. The van der Waals surface area contributed by atoms with Crippen molar-refractivity contribution in [2.75, 3.05) is 5.32 Å². The number of nitrogens with two attached hydrogens (primary N) is 1. The number of hydrogen-bond donors (Lipinski definition) is 4. The fourth-order valence-electron chi connectivity index (χ4n) is 0.947. The largest absolute Gasteiger partial charge is 0.350 e. The molecule has 0 spiro atoms. The highest BCUT2D eigenvalue weighted by atomic mass is 32.1. The Bertz CT molecular complexity index is 447. The van der Waals surface area contributed by atoms with Crippen LogP contribution in [0.1, 0.15) is 0 Å². The number of carbonyl (C=O) groups is 1. The molecule has 9 heteroatoms. The first-order chi connectivity index (χ1) is 7.99. The second-order valence-corrected chi connectivity index (χ2v) is 3.28. The van der Waals surface area contributed by atoms with Gasteiger partial charge in [-0.25, -0.2) is 10.2 Å². The van der Waals surface area contributed by atoms with E-state index in [2.05, 4.69) is 16.2 Å². The molecule has 0 radical (unpaired) electrons. The van der Waals surface area contributed by atoms with Gasteiger partial charge >= 0.3 is 6.03 Å². The number of amides is 2. The number of primary amides is 1. The Morgan fingerprint density at radius 3 is 2.35 bits per heavy atom. The highest BCUT2D eigenvalue weighted by molar-refractivity contribution is 7.80. The molecule has 0 heterocycles. The van der Waals surface area contributed by atoms with E-state index >= 15 is 0 Å². The van der Waals surface area contributed by atoms with Crippen LogP contribution in [0.15, 0.2) is 24.3 Å². The van der Waals surface area contributed by atoms with Crippen LogP contribution in [0, 0.1) is 10.1 Å². The molecular weight excluding hydrogens is 246 g/mol. The lowest BCUT2D eigenvalue weighted by molar-refractivity contribution is -0.384. The fourth-order valence-corrected chi connectivity index (χ4v) is 1.12. The van der Waals surface area contributed by atoms with Crippen molar-refractivity contribution in [3.05, 3.63) is 34.4 Å². The fraction of sp³-hybridized carbons (Fsp3) is 0. The summed E-state index contributed by atoms with van der Waals surface area (Å²) in [6.45, 7) is 0. The van der Waals surface area contributed by atoms with Crippen molar-refractivity contribution >= 4 is 34.7 Å². The van der Waals surface area contributed by atoms with Gasteiger partial charge in [0.25, 0.3) is 5.69 Å². The number of urea groups is 1. The second kappa shape index (κ2) is 5.61. The number of nitro groups is 1. The minimum Gasteiger partial charge on any atom is -0.350 e. The standard InChI is InChI=1S/C8H9N5O3S/c9-7(14)11-12-8(17)10-5-1-3-6(4-2-5)13(15)16/h1-4H,(H3,9,11,14)(H2,10,12,17). The average Bonchev–Trinajstić information content (AvgIpc) is 2.27. The monoisotopic (exact) mass is 255 g/mol. The van der Waals surface area contributed by atoms with E-state index in [1.54, 1.807) is 0 Å². The van der Waals surface area contributed by atoms with Gasteiger partial charge in [-0.1, -0.05) is 0 Å². The van der Waals surface area contributed by atoms with Crippen LogP contribution in [0.5, 0.6) is 0 Å². The van der Waals surface area contributed by atoms with Crippen LogP contribution in [0.2, 0.25) is 0 Å². The van der Waals surface area contributed by atoms with Crippen molar-refractivity contribution in [2.24, 2.45) is 5.73 Å². The summed E-state index contributed by atoms with van der Waals surface area (Å²) >= 11 is 4.81. The Kier molecular flexibility index (Phi) is 4.17. The highest BCUT2D eigenvalue weighted by Crippen LogP contribution is 2.14. The SMILES string of the molecule is NC(=O)NNC(=S)Nc1ccc([N+](=O)[O-])cc1. The summed E-state index contributed by atoms with van der Waals surface area (Å²) in [5.41, 5.74) is 9.73. The zero-order chi connectivity index (χ0) is 12.8. The number of thiocarbonyl (C=S) groups is 1. The lowest BCUT2D eigenvalue weighted by atomic mass is 10.3. The molecule has 1 aromatic carbocycles. The molecule has 17 heavy (non-hydrogen) atoms. The molecule has 0 fully saturated rings. The van der Waals surface area contributed by atoms with Crippen LogP contribution in [0.4, 0.5) is 16.2 Å². The Morgan fingerprint density at radius 2 is 1.88 bits per heavy atom. The molecule has 0 saturated heterocycles. The van der Waals surface area contributed by atoms with E-state index < -0.39 is 11.0 Å². The number of hydrazine groups is 1. The van der Waals surface area contributed by atoms with Crippen molar-refractivity contribution in [3.8, 4) is 0 Å². The minimum atomic E-state index is -0.780. The molecule has 0 aromatic heterocycles. The van der Waals surface area contributed by atoms with Gasteiger partial charge in [-0.3, -0.25) is 15.5 Å². The Labute approximate surface area is 101 Å². The van der Waals surface area contributed by atoms with E-state index in [1.807, 2.05) is 0 Å². The van der Waals surface area contributed by atoms with E-state index in [9.17, 15) is 14.9 Å². The summed E-state index contributed by atoms with van der Waals surface area (Å²) in [6, 6.07) is 4.84. The topological polar surface area (TPSA) is 122 Å². The van der Waals surface area contributed by atoms with Crippen molar-refractivity contribution in [3.63, 3.8) is 0 Å². The normalized spacial score (nSPS) is 9.18. The Morgan fingerprint density at radius 1 is 1.29 bits per heavy atom. The number of nitrogens with zero attached hydrogens (tertiary/aromatic N) is 1. The number of nitro benzene ring substituents is 1. The van der Waals surface area contributed by atoms with Crippen molar-refractivity contribution in [1.82, 2.24) is 10.9 Å². The van der Waals surface area contributed by atoms with E-state index in [-0.39, 0.29) is 10.8 Å². The number of anilines is 1. The minimum absolute atomic E-state index is 0.0234. The number of hydrogen-bond acceptors (Lipinski definition) is 4. The maximum absolute atomic E-state index is 10.4. The number of non-ortho nitro benzene ring substituents is 1. The highest BCUT2D eigenvalue weighted by Gasteiger charge is 2.04. The first-order valence-corrected chi connectivity index (χ1v) is 4.77. The molecule has 0 saturated carbocycles. The summed E-state index contributed by atoms with van der Waals surface area (Å²) in [5.74, 6) is 0. The molecule has 5 N–H and O–H groups in total. The average molecular weight is 255 g/mol. The van der Waals surface area contributed by atoms with E-state index in [0.29, 0.717) is 5.69 Å². The Hall–Kier alpha value is -2.42. The number of benzene rings is 1. The van der Waals surface area contributed by atoms with Crippen molar-refractivity contribution < 1.29 is 9.72 Å². The van der Waals surface area contributed by atoms with Gasteiger partial charge in [0.15, 0.2) is 5.11 Å². The zero-order valence-corrected chi connectivity index (χ0v) is 9.28. The number of rotatable bonds is 2. The van der Waals surface area contributed by atoms with Gasteiger partial charge in [0.05, 0.1) is 4.92 Å². The van der Waals surface area contributed by atoms with Crippen molar-refractivity contribution in [1.29, 1.82) is 0 Å². The van der Waals surface area contributed by atoms with Gasteiger partial charge in [0, 0.05) is 17.8 Å². The molecule has 2 amide bonds. The molecule has 90 valence electrons. The summed E-state index contributed by atoms with van der Waals surface area (Å²) in [4.78, 5) is 20.3. The summed E-state index contributed by atoms with van der Waals surface area (Å²) in [6.07, 6.45) is 0. The van der Waals surface area contributed by atoms with Gasteiger partial charge in [0.2, 0.25) is 0 Å². The summed E-state index contributed by atoms with van der Waals surface area (Å²) in [5, 5.41) is 13.2. The molecule has 0 aliphatic heterocycles. The van der Waals surface area contributed by atoms with Crippen molar-refractivity contribution in [2.45, 2.75) is 0 Å². The maximum Gasteiger partial charge on any atom is 0.330 e. The molecule has 1 aromatic rings. The van der Waals surface area contributed by atoms with Crippen LogP contribution in [0.3, 0.4) is 0 Å². The second-order valence-electron chi connectivity index (χ2n) is 2.87. The molecular formula is C8H9N5O3S. The molecule has 0 aliphatic carbocycles.